The van der Waals surface area contributed by atoms with Crippen molar-refractivity contribution in [3.63, 3.8) is 0 Å². The Labute approximate surface area is 121 Å². The molecule has 0 aromatic heterocycles. The maximum atomic E-state index is 11.3. The minimum absolute atomic E-state index is 0.00934. The van der Waals surface area contributed by atoms with Gasteiger partial charge in [0.1, 0.15) is 5.44 Å². The highest BCUT2D eigenvalue weighted by Crippen LogP contribution is 2.41. The number of thioether (sulfide) groups is 2. The Bertz CT molecular complexity index is 362. The van der Waals surface area contributed by atoms with Crippen molar-refractivity contribution in [3.8, 4) is 0 Å². The quantitative estimate of drug-likeness (QED) is 0.715. The Morgan fingerprint density at radius 2 is 1.63 bits per heavy atom. The lowest BCUT2D eigenvalue weighted by atomic mass is 10.0. The number of hydrogen-bond donors (Lipinski definition) is 0. The van der Waals surface area contributed by atoms with Crippen LogP contribution in [0.4, 0.5) is 0 Å². The van der Waals surface area contributed by atoms with E-state index in [0.717, 1.165) is 11.5 Å². The van der Waals surface area contributed by atoms with E-state index in [2.05, 4.69) is 0 Å². The van der Waals surface area contributed by atoms with E-state index in [4.69, 9.17) is 14.2 Å². The highest BCUT2D eigenvalue weighted by atomic mass is 32.2. The van der Waals surface area contributed by atoms with E-state index in [1.165, 1.54) is 13.8 Å². The zero-order valence-corrected chi connectivity index (χ0v) is 12.8. The van der Waals surface area contributed by atoms with Gasteiger partial charge in [-0.25, -0.2) is 0 Å². The van der Waals surface area contributed by atoms with Gasteiger partial charge in [0.25, 0.3) is 0 Å². The molecular formula is C12H18O5S2. The number of esters is 2. The third-order valence-corrected chi connectivity index (χ3v) is 5.95. The molecule has 0 aliphatic carbocycles. The van der Waals surface area contributed by atoms with E-state index >= 15 is 0 Å². The third-order valence-electron chi connectivity index (χ3n) is 3.01. The molecule has 5 nitrogen and oxygen atoms in total. The van der Waals surface area contributed by atoms with Crippen LogP contribution in [-0.2, 0) is 23.8 Å². The first-order valence-corrected chi connectivity index (χ1v) is 8.32. The fourth-order valence-electron chi connectivity index (χ4n) is 2.31. The van der Waals surface area contributed by atoms with Gasteiger partial charge in [-0.2, -0.15) is 11.8 Å². The average Bonchev–Trinajstić information content (AvgIpc) is 2.32. The summed E-state index contributed by atoms with van der Waals surface area (Å²) in [5.41, 5.74) is -0.00934. The predicted octanol–water partition coefficient (Wildman–Crippen LogP) is 1.44. The first-order valence-electron chi connectivity index (χ1n) is 6.22. The minimum Gasteiger partial charge on any atom is -0.457 e. The summed E-state index contributed by atoms with van der Waals surface area (Å²) >= 11 is 3.44. The molecule has 2 aliphatic heterocycles. The molecule has 0 radical (unpaired) electrons. The molecule has 0 aromatic carbocycles. The van der Waals surface area contributed by atoms with Crippen LogP contribution in [0.1, 0.15) is 20.8 Å². The number of hydrogen-bond acceptors (Lipinski definition) is 7. The summed E-state index contributed by atoms with van der Waals surface area (Å²) in [5.74, 6) is 1.26. The molecule has 0 saturated carbocycles. The largest absolute Gasteiger partial charge is 0.457 e. The van der Waals surface area contributed by atoms with E-state index in [0.29, 0.717) is 0 Å². The van der Waals surface area contributed by atoms with E-state index in [1.807, 2.05) is 6.92 Å². The molecule has 0 aromatic rings. The lowest BCUT2D eigenvalue weighted by Gasteiger charge is -2.45. The van der Waals surface area contributed by atoms with Gasteiger partial charge in [0.15, 0.2) is 12.2 Å². The molecule has 2 rings (SSSR count). The van der Waals surface area contributed by atoms with Crippen molar-refractivity contribution in [1.82, 2.24) is 0 Å². The van der Waals surface area contributed by atoms with Crippen molar-refractivity contribution < 1.29 is 23.8 Å². The molecule has 2 fully saturated rings. The van der Waals surface area contributed by atoms with Crippen LogP contribution in [0.2, 0.25) is 0 Å². The highest BCUT2D eigenvalue weighted by Gasteiger charge is 2.49. The SMILES string of the molecule is CC(=O)O[C@@H]1[C@@H](OC(C)=O)[C@H](C)O[C@@H]2SCCS[C@@H]12. The number of carbonyl (C=O) groups is 2. The Kier molecular flexibility index (Phi) is 5.03. The van der Waals surface area contributed by atoms with Crippen LogP contribution in [0.15, 0.2) is 0 Å². The third kappa shape index (κ3) is 3.58. The fraction of sp³-hybridized carbons (Fsp3) is 0.833. The summed E-state index contributed by atoms with van der Waals surface area (Å²) in [4.78, 5) is 22.5. The lowest BCUT2D eigenvalue weighted by molar-refractivity contribution is -0.192. The summed E-state index contributed by atoms with van der Waals surface area (Å²) in [6, 6.07) is 0. The van der Waals surface area contributed by atoms with Crippen LogP contribution in [-0.4, -0.2) is 52.4 Å². The van der Waals surface area contributed by atoms with Gasteiger partial charge in [-0.05, 0) is 6.92 Å². The van der Waals surface area contributed by atoms with Gasteiger partial charge < -0.3 is 14.2 Å². The molecule has 2 aliphatic rings. The van der Waals surface area contributed by atoms with Crippen LogP contribution >= 0.6 is 23.5 Å². The Balaban J connectivity index is 2.18. The fourth-order valence-corrected chi connectivity index (χ4v) is 5.28. The van der Waals surface area contributed by atoms with Crippen molar-refractivity contribution >= 4 is 35.5 Å². The second-order valence-corrected chi connectivity index (χ2v) is 7.06. The van der Waals surface area contributed by atoms with Crippen LogP contribution in [0.25, 0.3) is 0 Å². The molecular weight excluding hydrogens is 288 g/mol. The smallest absolute Gasteiger partial charge is 0.303 e. The minimum atomic E-state index is -0.533. The van der Waals surface area contributed by atoms with Gasteiger partial charge in [-0.15, -0.1) is 11.8 Å². The molecule has 108 valence electrons. The normalized spacial score (nSPS) is 38.2. The average molecular weight is 306 g/mol. The summed E-state index contributed by atoms with van der Waals surface area (Å²) in [6.45, 7) is 4.58. The molecule has 2 heterocycles. The van der Waals surface area contributed by atoms with E-state index in [1.54, 1.807) is 23.5 Å². The summed E-state index contributed by atoms with van der Waals surface area (Å²) in [7, 11) is 0. The first-order chi connectivity index (χ1) is 8.99. The van der Waals surface area contributed by atoms with Gasteiger partial charge in [-0.1, -0.05) is 0 Å². The molecule has 0 amide bonds. The molecule has 0 N–H and O–H groups in total. The maximum Gasteiger partial charge on any atom is 0.303 e. The zero-order chi connectivity index (χ0) is 14.0. The standard InChI is InChI=1S/C12H18O5S2/c1-6-9(16-7(2)13)10(17-8(3)14)11-12(15-6)19-5-4-18-11/h6,9-12H,4-5H2,1-3H3/t6-,9-,10+,11-,12+/m0/s1. The van der Waals surface area contributed by atoms with Crippen LogP contribution in [0.5, 0.6) is 0 Å². The molecule has 0 spiro atoms. The molecule has 2 saturated heterocycles. The van der Waals surface area contributed by atoms with Crippen molar-refractivity contribution in [2.75, 3.05) is 11.5 Å². The number of fused-ring (bicyclic) bond motifs is 1. The maximum absolute atomic E-state index is 11.3. The second kappa shape index (κ2) is 6.37. The van der Waals surface area contributed by atoms with E-state index in [-0.39, 0.29) is 28.7 Å². The number of carbonyl (C=O) groups excluding carboxylic acids is 2. The van der Waals surface area contributed by atoms with Gasteiger partial charge in [-0.3, -0.25) is 9.59 Å². The van der Waals surface area contributed by atoms with E-state index in [9.17, 15) is 9.59 Å². The van der Waals surface area contributed by atoms with Crippen LogP contribution in [0, 0.1) is 0 Å². The molecule has 0 unspecified atom stereocenters. The first kappa shape index (κ1) is 15.0. The molecule has 5 atom stereocenters. The monoisotopic (exact) mass is 306 g/mol. The van der Waals surface area contributed by atoms with E-state index < -0.39 is 12.2 Å². The molecule has 0 bridgehead atoms. The summed E-state index contributed by atoms with van der Waals surface area (Å²) in [5, 5.41) is 0.0169. The van der Waals surface area contributed by atoms with Gasteiger partial charge >= 0.3 is 11.9 Å². The topological polar surface area (TPSA) is 61.8 Å². The van der Waals surface area contributed by atoms with Crippen molar-refractivity contribution in [1.29, 1.82) is 0 Å². The van der Waals surface area contributed by atoms with Crippen molar-refractivity contribution in [3.05, 3.63) is 0 Å². The van der Waals surface area contributed by atoms with Crippen molar-refractivity contribution in [2.45, 2.75) is 49.8 Å². The second-order valence-electron chi connectivity index (χ2n) is 4.56. The number of ether oxygens (including phenoxy) is 3. The van der Waals surface area contributed by atoms with Gasteiger partial charge in [0, 0.05) is 25.4 Å². The molecule has 19 heavy (non-hydrogen) atoms. The summed E-state index contributed by atoms with van der Waals surface area (Å²) in [6.07, 6.45) is -1.25. The zero-order valence-electron chi connectivity index (χ0n) is 11.2. The van der Waals surface area contributed by atoms with Crippen LogP contribution in [0.3, 0.4) is 0 Å². The van der Waals surface area contributed by atoms with Gasteiger partial charge in [0.2, 0.25) is 0 Å². The number of rotatable bonds is 2. The van der Waals surface area contributed by atoms with Crippen molar-refractivity contribution in [2.24, 2.45) is 0 Å². The predicted molar refractivity (Wildman–Crippen MR) is 74.1 cm³/mol. The Hall–Kier alpha value is -0.400. The molecule has 7 heteroatoms. The highest BCUT2D eigenvalue weighted by molar-refractivity contribution is 8.07. The van der Waals surface area contributed by atoms with Crippen LogP contribution < -0.4 is 0 Å². The van der Waals surface area contributed by atoms with Gasteiger partial charge in [0.05, 0.1) is 11.4 Å². The Morgan fingerprint density at radius 1 is 1.05 bits per heavy atom. The lowest BCUT2D eigenvalue weighted by Crippen LogP contribution is -2.58. The Morgan fingerprint density at radius 3 is 2.26 bits per heavy atom. The summed E-state index contributed by atoms with van der Waals surface area (Å²) < 4.78 is 16.6.